The zero-order chi connectivity index (χ0) is 16.3. The first-order valence-corrected chi connectivity index (χ1v) is 6.13. The van der Waals surface area contributed by atoms with Crippen molar-refractivity contribution < 1.29 is 33.3 Å². The van der Waals surface area contributed by atoms with Crippen LogP contribution >= 0.6 is 0 Å². The van der Waals surface area contributed by atoms with Crippen LogP contribution in [0.3, 0.4) is 0 Å². The molecule has 0 radical (unpaired) electrons. The number of unbranched alkanes of at least 4 members (excludes halogenated alkanes) is 4. The van der Waals surface area contributed by atoms with E-state index in [0.717, 1.165) is 7.11 Å². The molecule has 0 atom stereocenters. The second kappa shape index (κ2) is 22.4. The van der Waals surface area contributed by atoms with E-state index in [0.29, 0.717) is 0 Å². The summed E-state index contributed by atoms with van der Waals surface area (Å²) in [4.78, 5) is 8.90. The highest BCUT2D eigenvalue weighted by Gasteiger charge is 2.38. The first-order chi connectivity index (χ1) is 8.77. The number of aliphatic carboxylic acids is 1. The molecule has 0 fully saturated rings. The van der Waals surface area contributed by atoms with Gasteiger partial charge in [0.15, 0.2) is 0 Å². The fourth-order valence-electron chi connectivity index (χ4n) is 0.677. The summed E-state index contributed by atoms with van der Waals surface area (Å²) in [7, 11) is 1.00. The molecule has 0 aliphatic heterocycles. The number of carbonyl (C=O) groups is 1. The quantitative estimate of drug-likeness (QED) is 0.695. The first kappa shape index (κ1) is 26.7. The van der Waals surface area contributed by atoms with Crippen LogP contribution in [-0.4, -0.2) is 41.2 Å². The van der Waals surface area contributed by atoms with Crippen LogP contribution in [0.5, 0.6) is 0 Å². The van der Waals surface area contributed by atoms with Crippen molar-refractivity contribution in [2.24, 2.45) is 0 Å². The Bertz CT molecular complexity index is 158. The van der Waals surface area contributed by atoms with Crippen LogP contribution in [0.4, 0.5) is 13.2 Å². The Morgan fingerprint density at radius 2 is 1.16 bits per heavy atom. The number of rotatable bonds is 4. The third-order valence-corrected chi connectivity index (χ3v) is 1.45. The Morgan fingerprint density at radius 1 is 0.947 bits per heavy atom. The van der Waals surface area contributed by atoms with E-state index in [2.05, 4.69) is 13.8 Å². The summed E-state index contributed by atoms with van der Waals surface area (Å²) in [5, 5.41) is 21.7. The number of aliphatic hydroxyl groups is 2. The standard InChI is InChI=1S/C7H16.C2HF3O2.C2H6O.CH4O/c1-3-5-7-6-4-2;3-2(4,5)1(6)7;1-2-3;1-2/h3-7H2,1-2H3;(H,6,7);3H,2H2,1H3;2H,1H3. The highest BCUT2D eigenvalue weighted by molar-refractivity contribution is 5.73. The molecule has 0 aromatic heterocycles. The van der Waals surface area contributed by atoms with Crippen LogP contribution in [0.25, 0.3) is 0 Å². The number of carboxylic acids is 1. The molecule has 0 amide bonds. The van der Waals surface area contributed by atoms with Gasteiger partial charge < -0.3 is 15.3 Å². The maximum Gasteiger partial charge on any atom is 0.490 e. The fourth-order valence-corrected chi connectivity index (χ4v) is 0.677. The smallest absolute Gasteiger partial charge is 0.475 e. The molecule has 0 aliphatic rings. The number of alkyl halides is 3. The second-order valence-corrected chi connectivity index (χ2v) is 3.18. The summed E-state index contributed by atoms with van der Waals surface area (Å²) in [5.74, 6) is -2.76. The molecule has 0 saturated heterocycles. The van der Waals surface area contributed by atoms with E-state index in [1.807, 2.05) is 0 Å². The fraction of sp³-hybridized carbons (Fsp3) is 0.917. The minimum absolute atomic E-state index is 0.250. The van der Waals surface area contributed by atoms with Crippen molar-refractivity contribution in [2.45, 2.75) is 59.1 Å². The summed E-state index contributed by atoms with van der Waals surface area (Å²) in [6.45, 7) is 6.42. The van der Waals surface area contributed by atoms with Gasteiger partial charge in [0.25, 0.3) is 0 Å². The molecule has 0 unspecified atom stereocenters. The van der Waals surface area contributed by atoms with Crippen molar-refractivity contribution >= 4 is 5.97 Å². The lowest BCUT2D eigenvalue weighted by Gasteiger charge is -1.93. The lowest BCUT2D eigenvalue weighted by molar-refractivity contribution is -0.192. The molecule has 4 nitrogen and oxygen atoms in total. The van der Waals surface area contributed by atoms with Crippen LogP contribution < -0.4 is 0 Å². The van der Waals surface area contributed by atoms with E-state index in [1.54, 1.807) is 6.92 Å². The molecule has 0 heterocycles. The molecule has 120 valence electrons. The zero-order valence-electron chi connectivity index (χ0n) is 12.1. The summed E-state index contributed by atoms with van der Waals surface area (Å²) in [6.07, 6.45) is 1.93. The van der Waals surface area contributed by atoms with E-state index in [4.69, 9.17) is 20.1 Å². The second-order valence-electron chi connectivity index (χ2n) is 3.18. The summed E-state index contributed by atoms with van der Waals surface area (Å²) < 4.78 is 31.7. The van der Waals surface area contributed by atoms with Gasteiger partial charge in [-0.1, -0.05) is 46.0 Å². The average molecular weight is 292 g/mol. The summed E-state index contributed by atoms with van der Waals surface area (Å²) in [5.41, 5.74) is 0. The Hall–Kier alpha value is -0.820. The van der Waals surface area contributed by atoms with Gasteiger partial charge in [0.1, 0.15) is 0 Å². The van der Waals surface area contributed by atoms with Gasteiger partial charge in [-0.2, -0.15) is 13.2 Å². The number of halogens is 3. The number of aliphatic hydroxyl groups excluding tert-OH is 2. The molecule has 0 bridgehead atoms. The van der Waals surface area contributed by atoms with E-state index in [-0.39, 0.29) is 6.61 Å². The Balaban J connectivity index is -0.0000000888. The van der Waals surface area contributed by atoms with E-state index < -0.39 is 12.1 Å². The Kier molecular flexibility index (Phi) is 31.4. The van der Waals surface area contributed by atoms with Gasteiger partial charge in [-0.15, -0.1) is 0 Å². The molecule has 0 rings (SSSR count). The third-order valence-electron chi connectivity index (χ3n) is 1.45. The SMILES string of the molecule is CCCCCCC.CCO.CO.O=C(O)C(F)(F)F. The minimum Gasteiger partial charge on any atom is -0.475 e. The molecule has 0 saturated carbocycles. The molecular weight excluding hydrogens is 265 g/mol. The van der Waals surface area contributed by atoms with Gasteiger partial charge in [-0.3, -0.25) is 0 Å². The van der Waals surface area contributed by atoms with Gasteiger partial charge in [0, 0.05) is 13.7 Å². The summed E-state index contributed by atoms with van der Waals surface area (Å²) in [6, 6.07) is 0. The highest BCUT2D eigenvalue weighted by atomic mass is 19.4. The Morgan fingerprint density at radius 3 is 1.26 bits per heavy atom. The van der Waals surface area contributed by atoms with Gasteiger partial charge in [0.05, 0.1) is 0 Å². The van der Waals surface area contributed by atoms with Crippen molar-refractivity contribution in [3.05, 3.63) is 0 Å². The minimum atomic E-state index is -5.08. The molecule has 3 N–H and O–H groups in total. The lowest BCUT2D eigenvalue weighted by Crippen LogP contribution is -2.21. The molecule has 0 aromatic rings. The first-order valence-electron chi connectivity index (χ1n) is 6.13. The monoisotopic (exact) mass is 292 g/mol. The third kappa shape index (κ3) is 47.0. The maximum absolute atomic E-state index is 10.6. The Labute approximate surface area is 113 Å². The van der Waals surface area contributed by atoms with Gasteiger partial charge in [0.2, 0.25) is 0 Å². The van der Waals surface area contributed by atoms with E-state index in [1.165, 1.54) is 32.1 Å². The van der Waals surface area contributed by atoms with E-state index in [9.17, 15) is 13.2 Å². The largest absolute Gasteiger partial charge is 0.490 e. The van der Waals surface area contributed by atoms with E-state index >= 15 is 0 Å². The van der Waals surface area contributed by atoms with Crippen LogP contribution in [0, 0.1) is 0 Å². The molecule has 19 heavy (non-hydrogen) atoms. The summed E-state index contributed by atoms with van der Waals surface area (Å²) >= 11 is 0. The van der Waals surface area contributed by atoms with Gasteiger partial charge >= 0.3 is 12.1 Å². The van der Waals surface area contributed by atoms with Crippen molar-refractivity contribution in [1.29, 1.82) is 0 Å². The zero-order valence-corrected chi connectivity index (χ0v) is 12.1. The highest BCUT2D eigenvalue weighted by Crippen LogP contribution is 2.13. The lowest BCUT2D eigenvalue weighted by atomic mass is 10.2. The van der Waals surface area contributed by atoms with Crippen molar-refractivity contribution in [2.75, 3.05) is 13.7 Å². The van der Waals surface area contributed by atoms with Crippen molar-refractivity contribution in [1.82, 2.24) is 0 Å². The molecule has 7 heteroatoms. The molecular formula is C12H27F3O4. The molecule has 0 aliphatic carbocycles. The van der Waals surface area contributed by atoms with Gasteiger partial charge in [-0.05, 0) is 6.92 Å². The van der Waals surface area contributed by atoms with Gasteiger partial charge in [-0.25, -0.2) is 4.79 Å². The van der Waals surface area contributed by atoms with Crippen molar-refractivity contribution in [3.63, 3.8) is 0 Å². The molecule has 0 spiro atoms. The predicted octanol–water partition coefficient (Wildman–Crippen LogP) is 3.22. The van der Waals surface area contributed by atoms with Crippen molar-refractivity contribution in [3.8, 4) is 0 Å². The number of hydrogen-bond acceptors (Lipinski definition) is 3. The molecule has 0 aromatic carbocycles. The predicted molar refractivity (Wildman–Crippen MR) is 69.0 cm³/mol. The normalized spacial score (nSPS) is 8.89. The van der Waals surface area contributed by atoms with Crippen LogP contribution in [0.15, 0.2) is 0 Å². The maximum atomic E-state index is 10.6. The van der Waals surface area contributed by atoms with Crippen LogP contribution in [0.2, 0.25) is 0 Å². The topological polar surface area (TPSA) is 77.8 Å². The number of carboxylic acid groups (broad SMARTS) is 1. The average Bonchev–Trinajstić information content (AvgIpc) is 2.33. The van der Waals surface area contributed by atoms with Crippen LogP contribution in [0.1, 0.15) is 52.9 Å². The van der Waals surface area contributed by atoms with Crippen LogP contribution in [-0.2, 0) is 4.79 Å². The number of hydrogen-bond donors (Lipinski definition) is 3.